The smallest absolute Gasteiger partial charge is 0.485 e. The van der Waals surface area contributed by atoms with Crippen molar-refractivity contribution in [3.8, 4) is 11.1 Å². The van der Waals surface area contributed by atoms with Gasteiger partial charge in [0.1, 0.15) is 7.05 Å². The fraction of sp³-hybridized carbons (Fsp3) is 0.167. The van der Waals surface area contributed by atoms with Gasteiger partial charge in [0.2, 0.25) is 11.0 Å². The number of aryl methyl sites for hydroxylation is 2. The zero-order chi connectivity index (χ0) is 28.6. The van der Waals surface area contributed by atoms with Crippen molar-refractivity contribution in [2.45, 2.75) is 23.7 Å². The molecule has 0 saturated heterocycles. The van der Waals surface area contributed by atoms with Crippen LogP contribution in [0.1, 0.15) is 22.8 Å². The number of aromatic nitrogens is 1. The highest BCUT2D eigenvalue weighted by molar-refractivity contribution is 8.13. The molecule has 0 amide bonds. The fourth-order valence-electron chi connectivity index (χ4n) is 3.83. The van der Waals surface area contributed by atoms with Gasteiger partial charge >= 0.3 is 11.5 Å². The molecule has 0 saturated carbocycles. The highest BCUT2D eigenvalue weighted by Gasteiger charge is 2.37. The second-order valence-corrected chi connectivity index (χ2v) is 12.0. The Labute approximate surface area is 220 Å². The molecule has 0 spiro atoms. The molecular formula is C24H19ClF3NO7S2. The lowest BCUT2D eigenvalue weighted by Crippen LogP contribution is -2.31. The molecule has 202 valence electrons. The maximum Gasteiger partial charge on any atom is 0.485 e. The second-order valence-electron chi connectivity index (χ2n) is 8.04. The summed E-state index contributed by atoms with van der Waals surface area (Å²) < 4.78 is 84.3. The summed E-state index contributed by atoms with van der Waals surface area (Å²) in [5.41, 5.74) is -1.32. The number of fused-ring (bicyclic) bond motifs is 2. The standard InChI is InChI=1S/C23H18ClNO4S.CHF3O3S/c1-3-14-7-9-18-21(11-14)25(2)20-10-8-16(13-19(20)22(18)23(26)27)15-5-4-6-17(12-15)30(24,28)29;2-1(3,4)8(5,6)7/h4-13H,3H2,1-2H3;(H,5,6,7). The van der Waals surface area contributed by atoms with E-state index >= 15 is 0 Å². The number of rotatable bonds is 4. The lowest BCUT2D eigenvalue weighted by molar-refractivity contribution is -0.617. The molecule has 0 aliphatic carbocycles. The largest absolute Gasteiger partial charge is 0.741 e. The van der Waals surface area contributed by atoms with Crippen LogP contribution < -0.4 is 4.57 Å². The number of carboxylic acids is 1. The number of aromatic carboxylic acids is 1. The van der Waals surface area contributed by atoms with Crippen molar-refractivity contribution in [3.63, 3.8) is 0 Å². The maximum atomic E-state index is 12.2. The van der Waals surface area contributed by atoms with E-state index in [2.05, 4.69) is 6.92 Å². The molecule has 38 heavy (non-hydrogen) atoms. The lowest BCUT2D eigenvalue weighted by Gasteiger charge is -2.10. The van der Waals surface area contributed by atoms with Crippen LogP contribution in [0.5, 0.6) is 0 Å². The van der Waals surface area contributed by atoms with Crippen LogP contribution in [-0.4, -0.2) is 38.0 Å². The Morgan fingerprint density at radius 3 is 2.08 bits per heavy atom. The van der Waals surface area contributed by atoms with Crippen molar-refractivity contribution in [3.05, 3.63) is 71.8 Å². The molecule has 0 aliphatic rings. The highest BCUT2D eigenvalue weighted by Crippen LogP contribution is 2.31. The van der Waals surface area contributed by atoms with E-state index in [1.807, 2.05) is 41.9 Å². The Balaban J connectivity index is 0.000000436. The van der Waals surface area contributed by atoms with E-state index < -0.39 is 30.6 Å². The molecule has 1 N–H and O–H groups in total. The third-order valence-electron chi connectivity index (χ3n) is 5.67. The first-order valence-electron chi connectivity index (χ1n) is 10.6. The van der Waals surface area contributed by atoms with Crippen molar-refractivity contribution in [1.82, 2.24) is 0 Å². The molecule has 4 rings (SSSR count). The summed E-state index contributed by atoms with van der Waals surface area (Å²) >= 11 is 0. The summed E-state index contributed by atoms with van der Waals surface area (Å²) in [7, 11) is -2.56. The zero-order valence-corrected chi connectivity index (χ0v) is 22.0. The van der Waals surface area contributed by atoms with Gasteiger partial charge in [-0.1, -0.05) is 25.1 Å². The third-order valence-corrected chi connectivity index (χ3v) is 7.59. The first-order chi connectivity index (χ1) is 17.5. The van der Waals surface area contributed by atoms with E-state index in [1.165, 1.54) is 12.1 Å². The second kappa shape index (κ2) is 10.5. The van der Waals surface area contributed by atoms with E-state index in [-0.39, 0.29) is 10.5 Å². The minimum atomic E-state index is -6.09. The van der Waals surface area contributed by atoms with Gasteiger partial charge in [0.05, 0.1) is 21.2 Å². The number of halogens is 4. The molecule has 0 bridgehead atoms. The minimum absolute atomic E-state index is 0.00335. The van der Waals surface area contributed by atoms with Crippen molar-refractivity contribution < 1.29 is 49.0 Å². The fourth-order valence-corrected chi connectivity index (χ4v) is 4.62. The number of carbonyl (C=O) groups is 1. The SMILES string of the molecule is CCc1ccc2c(C(=O)O)c3cc(-c4cccc(S(=O)(=O)Cl)c4)ccc3[n+](C)c2c1.O=S(=O)([O-])C(F)(F)F. The molecule has 14 heteroatoms. The Kier molecular flexibility index (Phi) is 8.08. The van der Waals surface area contributed by atoms with Crippen LogP contribution >= 0.6 is 10.7 Å². The average molecular weight is 590 g/mol. The molecule has 4 aromatic rings. The van der Waals surface area contributed by atoms with Gasteiger partial charge in [0, 0.05) is 22.8 Å². The van der Waals surface area contributed by atoms with E-state index in [1.54, 1.807) is 18.2 Å². The molecule has 0 fully saturated rings. The van der Waals surface area contributed by atoms with Crippen molar-refractivity contribution >= 4 is 57.6 Å². The van der Waals surface area contributed by atoms with Crippen molar-refractivity contribution in [2.75, 3.05) is 0 Å². The highest BCUT2D eigenvalue weighted by atomic mass is 35.7. The van der Waals surface area contributed by atoms with Gasteiger partial charge in [0.15, 0.2) is 10.1 Å². The van der Waals surface area contributed by atoms with Crippen molar-refractivity contribution in [1.29, 1.82) is 0 Å². The molecule has 1 heterocycles. The number of pyridine rings is 1. The number of hydrogen-bond donors (Lipinski definition) is 1. The summed E-state index contributed by atoms with van der Waals surface area (Å²) in [6, 6.07) is 17.6. The topological polar surface area (TPSA) is 133 Å². The normalized spacial score (nSPS) is 12.3. The zero-order valence-electron chi connectivity index (χ0n) is 19.7. The number of hydrogen-bond acceptors (Lipinski definition) is 6. The number of nitrogens with zero attached hydrogens (tertiary/aromatic N) is 1. The summed E-state index contributed by atoms with van der Waals surface area (Å²) in [6.07, 6.45) is 0.856. The first kappa shape index (κ1) is 29.3. The van der Waals surface area contributed by atoms with Gasteiger partial charge in [-0.05, 0) is 53.4 Å². The van der Waals surface area contributed by atoms with E-state index in [4.69, 9.17) is 23.7 Å². The lowest BCUT2D eigenvalue weighted by atomic mass is 9.96. The van der Waals surface area contributed by atoms with E-state index in [0.29, 0.717) is 21.9 Å². The molecule has 8 nitrogen and oxygen atoms in total. The molecule has 0 aliphatic heterocycles. The van der Waals surface area contributed by atoms with Crippen LogP contribution in [0.4, 0.5) is 13.2 Å². The summed E-state index contributed by atoms with van der Waals surface area (Å²) in [5, 5.41) is 11.2. The van der Waals surface area contributed by atoms with Crippen LogP contribution in [0.3, 0.4) is 0 Å². The van der Waals surface area contributed by atoms with Crippen molar-refractivity contribution in [2.24, 2.45) is 7.05 Å². The predicted octanol–water partition coefficient (Wildman–Crippen LogP) is 4.72. The Morgan fingerprint density at radius 1 is 0.947 bits per heavy atom. The van der Waals surface area contributed by atoms with E-state index in [0.717, 1.165) is 23.0 Å². The van der Waals surface area contributed by atoms with Gasteiger partial charge in [0.25, 0.3) is 9.05 Å². The Bertz CT molecular complexity index is 1790. The first-order valence-corrected chi connectivity index (χ1v) is 14.4. The number of benzene rings is 3. The van der Waals surface area contributed by atoms with Crippen LogP contribution in [0, 0.1) is 0 Å². The summed E-state index contributed by atoms with van der Waals surface area (Å²) in [5.74, 6) is -1.01. The number of alkyl halides is 3. The molecule has 0 unspecified atom stereocenters. The van der Waals surface area contributed by atoms with Crippen LogP contribution in [0.25, 0.3) is 32.9 Å². The molecule has 3 aromatic carbocycles. The van der Waals surface area contributed by atoms with E-state index in [9.17, 15) is 31.5 Å². The minimum Gasteiger partial charge on any atom is -0.741 e. The van der Waals surface area contributed by atoms with Gasteiger partial charge in [-0.3, -0.25) is 0 Å². The van der Waals surface area contributed by atoms with Crippen LogP contribution in [0.15, 0.2) is 65.6 Å². The van der Waals surface area contributed by atoms with Gasteiger partial charge < -0.3 is 9.66 Å². The van der Waals surface area contributed by atoms with Gasteiger partial charge in [-0.25, -0.2) is 21.6 Å². The van der Waals surface area contributed by atoms with Gasteiger partial charge in [-0.15, -0.1) is 0 Å². The maximum absolute atomic E-state index is 12.2. The summed E-state index contributed by atoms with van der Waals surface area (Å²) in [6.45, 7) is 2.06. The average Bonchev–Trinajstić information content (AvgIpc) is 2.82. The molecule has 0 atom stereocenters. The monoisotopic (exact) mass is 589 g/mol. The predicted molar refractivity (Wildman–Crippen MR) is 133 cm³/mol. The van der Waals surface area contributed by atoms with Crippen LogP contribution in [-0.2, 0) is 32.6 Å². The molecule has 0 radical (unpaired) electrons. The van der Waals surface area contributed by atoms with Crippen LogP contribution in [0.2, 0.25) is 0 Å². The van der Waals surface area contributed by atoms with Gasteiger partial charge in [-0.2, -0.15) is 17.7 Å². The Hall–Kier alpha value is -3.26. The summed E-state index contributed by atoms with van der Waals surface area (Å²) in [4.78, 5) is 12.2. The number of carboxylic acid groups (broad SMARTS) is 1. The molecular weight excluding hydrogens is 571 g/mol. The molecule has 1 aromatic heterocycles. The Morgan fingerprint density at radius 2 is 1.55 bits per heavy atom. The third kappa shape index (κ3) is 6.07. The quantitative estimate of drug-likeness (QED) is 0.120.